The molecule has 0 saturated heterocycles. The van der Waals surface area contributed by atoms with E-state index in [1.54, 1.807) is 11.2 Å². The van der Waals surface area contributed by atoms with Crippen LogP contribution in [0.5, 0.6) is 0 Å². The number of hydrogen-bond acceptors (Lipinski definition) is 5. The molecule has 1 N–H and O–H groups in total. The minimum absolute atomic E-state index is 0.401. The van der Waals surface area contributed by atoms with Crippen LogP contribution in [0, 0.1) is 0 Å². The molecule has 1 aliphatic rings. The third kappa shape index (κ3) is 2.37. The van der Waals surface area contributed by atoms with Crippen molar-refractivity contribution in [2.75, 3.05) is 17.1 Å². The van der Waals surface area contributed by atoms with Gasteiger partial charge in [0.25, 0.3) is 0 Å². The van der Waals surface area contributed by atoms with Gasteiger partial charge in [-0.05, 0) is 19.9 Å². The van der Waals surface area contributed by atoms with Gasteiger partial charge in [-0.15, -0.1) is 5.10 Å². The molecular weight excluding hydrogens is 192 g/mol. The van der Waals surface area contributed by atoms with Gasteiger partial charge in [-0.3, -0.25) is 0 Å². The van der Waals surface area contributed by atoms with Crippen molar-refractivity contribution < 1.29 is 4.74 Å². The molecule has 0 aromatic carbocycles. The monoisotopic (exact) mass is 206 g/mol. The van der Waals surface area contributed by atoms with E-state index in [1.165, 1.54) is 6.40 Å². The van der Waals surface area contributed by atoms with Crippen molar-refractivity contribution in [1.29, 1.82) is 0 Å². The lowest BCUT2D eigenvalue weighted by atomic mass is 10.3. The molecule has 0 amide bonds. The molecule has 0 fully saturated rings. The second-order valence-electron chi connectivity index (χ2n) is 3.62. The van der Waals surface area contributed by atoms with Crippen LogP contribution in [0.2, 0.25) is 0 Å². The predicted octanol–water partition coefficient (Wildman–Crippen LogP) is 1.64. The predicted molar refractivity (Wildman–Crippen MR) is 59.9 cm³/mol. The van der Waals surface area contributed by atoms with Crippen LogP contribution in [-0.4, -0.2) is 24.2 Å². The zero-order valence-electron chi connectivity index (χ0n) is 8.84. The Labute approximate surface area is 88.8 Å². The SMILES string of the molecule is CC(C)Nc1ccnc(N2COC=N2)c1. The van der Waals surface area contributed by atoms with Crippen molar-refractivity contribution in [3.8, 4) is 0 Å². The molecule has 5 heteroatoms. The Bertz CT molecular complexity index is 364. The number of anilines is 2. The summed E-state index contributed by atoms with van der Waals surface area (Å²) in [6, 6.07) is 4.29. The quantitative estimate of drug-likeness (QED) is 0.816. The Morgan fingerprint density at radius 3 is 3.07 bits per heavy atom. The van der Waals surface area contributed by atoms with Crippen LogP contribution < -0.4 is 10.3 Å². The molecule has 1 aromatic heterocycles. The summed E-state index contributed by atoms with van der Waals surface area (Å²) in [5, 5.41) is 9.03. The normalized spacial score (nSPS) is 14.5. The molecule has 0 spiro atoms. The molecule has 2 rings (SSSR count). The highest BCUT2D eigenvalue weighted by Gasteiger charge is 2.10. The van der Waals surface area contributed by atoms with Crippen LogP contribution in [0.1, 0.15) is 13.8 Å². The number of hydrazone groups is 1. The Morgan fingerprint density at radius 2 is 2.40 bits per heavy atom. The fourth-order valence-electron chi connectivity index (χ4n) is 1.34. The van der Waals surface area contributed by atoms with E-state index in [-0.39, 0.29) is 0 Å². The number of nitrogens with one attached hydrogen (secondary N) is 1. The highest BCUT2D eigenvalue weighted by Crippen LogP contribution is 2.18. The lowest BCUT2D eigenvalue weighted by molar-refractivity contribution is 0.349. The Balaban J connectivity index is 2.14. The fraction of sp³-hybridized carbons (Fsp3) is 0.400. The third-order valence-electron chi connectivity index (χ3n) is 1.92. The molecule has 80 valence electrons. The zero-order chi connectivity index (χ0) is 10.7. The highest BCUT2D eigenvalue weighted by atomic mass is 16.5. The third-order valence-corrected chi connectivity index (χ3v) is 1.92. The van der Waals surface area contributed by atoms with Crippen molar-refractivity contribution in [2.24, 2.45) is 5.10 Å². The Kier molecular flexibility index (Phi) is 2.71. The lowest BCUT2D eigenvalue weighted by Crippen LogP contribution is -2.15. The molecule has 0 aliphatic carbocycles. The number of nitrogens with zero attached hydrogens (tertiary/aromatic N) is 3. The standard InChI is InChI=1S/C10H14N4O/c1-8(2)13-9-3-4-11-10(5-9)14-7-15-6-12-14/h3-6,8H,7H2,1-2H3,(H,11,13). The van der Waals surface area contributed by atoms with E-state index in [4.69, 9.17) is 4.74 Å². The number of ether oxygens (including phenoxy) is 1. The summed E-state index contributed by atoms with van der Waals surface area (Å²) in [5.74, 6) is 0.786. The molecule has 0 unspecified atom stereocenters. The van der Waals surface area contributed by atoms with Crippen LogP contribution in [0.15, 0.2) is 23.4 Å². The summed E-state index contributed by atoms with van der Waals surface area (Å²) in [6.45, 7) is 4.62. The maximum Gasteiger partial charge on any atom is 0.195 e. The first-order valence-electron chi connectivity index (χ1n) is 4.90. The van der Waals surface area contributed by atoms with Gasteiger partial charge in [-0.2, -0.15) is 0 Å². The number of aromatic nitrogens is 1. The molecule has 1 aliphatic heterocycles. The average Bonchev–Trinajstić information content (AvgIpc) is 2.69. The van der Waals surface area contributed by atoms with Crippen LogP contribution in [0.25, 0.3) is 0 Å². The van der Waals surface area contributed by atoms with Crippen LogP contribution in [0.4, 0.5) is 11.5 Å². The van der Waals surface area contributed by atoms with Crippen molar-refractivity contribution in [3.05, 3.63) is 18.3 Å². The van der Waals surface area contributed by atoms with E-state index in [1.807, 2.05) is 12.1 Å². The van der Waals surface area contributed by atoms with Gasteiger partial charge in [-0.25, -0.2) is 9.99 Å². The van der Waals surface area contributed by atoms with Gasteiger partial charge in [0.05, 0.1) is 0 Å². The van der Waals surface area contributed by atoms with Gasteiger partial charge in [0.2, 0.25) is 0 Å². The van der Waals surface area contributed by atoms with Gasteiger partial charge >= 0.3 is 0 Å². The Morgan fingerprint density at radius 1 is 1.53 bits per heavy atom. The summed E-state index contributed by atoms with van der Waals surface area (Å²) in [5.41, 5.74) is 1.04. The first-order chi connectivity index (χ1) is 7.25. The smallest absolute Gasteiger partial charge is 0.195 e. The summed E-state index contributed by atoms with van der Waals surface area (Å²) < 4.78 is 5.01. The first-order valence-corrected chi connectivity index (χ1v) is 4.90. The van der Waals surface area contributed by atoms with Crippen molar-refractivity contribution in [2.45, 2.75) is 19.9 Å². The van der Waals surface area contributed by atoms with E-state index >= 15 is 0 Å². The summed E-state index contributed by atoms with van der Waals surface area (Å²) in [4.78, 5) is 4.22. The van der Waals surface area contributed by atoms with Gasteiger partial charge in [0.1, 0.15) is 0 Å². The van der Waals surface area contributed by atoms with E-state index in [9.17, 15) is 0 Å². The largest absolute Gasteiger partial charge is 0.459 e. The number of pyridine rings is 1. The van der Waals surface area contributed by atoms with E-state index < -0.39 is 0 Å². The highest BCUT2D eigenvalue weighted by molar-refractivity contribution is 5.58. The summed E-state index contributed by atoms with van der Waals surface area (Å²) >= 11 is 0. The van der Waals surface area contributed by atoms with E-state index in [2.05, 4.69) is 29.2 Å². The number of hydrogen-bond donors (Lipinski definition) is 1. The fourth-order valence-corrected chi connectivity index (χ4v) is 1.34. The minimum atomic E-state index is 0.401. The molecule has 0 atom stereocenters. The van der Waals surface area contributed by atoms with Gasteiger partial charge < -0.3 is 10.1 Å². The molecule has 5 nitrogen and oxygen atoms in total. The van der Waals surface area contributed by atoms with E-state index in [0.29, 0.717) is 12.8 Å². The molecule has 1 aromatic rings. The van der Waals surface area contributed by atoms with Gasteiger partial charge in [0, 0.05) is 24.0 Å². The molecule has 0 radical (unpaired) electrons. The molecule has 2 heterocycles. The molecule has 0 bridgehead atoms. The van der Waals surface area contributed by atoms with Crippen molar-refractivity contribution >= 4 is 17.9 Å². The maximum atomic E-state index is 5.01. The zero-order valence-corrected chi connectivity index (χ0v) is 8.84. The van der Waals surface area contributed by atoms with E-state index in [0.717, 1.165) is 11.5 Å². The molecule has 15 heavy (non-hydrogen) atoms. The van der Waals surface area contributed by atoms with Gasteiger partial charge in [0.15, 0.2) is 18.9 Å². The van der Waals surface area contributed by atoms with Crippen LogP contribution in [-0.2, 0) is 4.74 Å². The average molecular weight is 206 g/mol. The second kappa shape index (κ2) is 4.16. The maximum absolute atomic E-state index is 5.01. The summed E-state index contributed by atoms with van der Waals surface area (Å²) in [7, 11) is 0. The number of rotatable bonds is 3. The second-order valence-corrected chi connectivity index (χ2v) is 3.62. The minimum Gasteiger partial charge on any atom is -0.459 e. The van der Waals surface area contributed by atoms with Crippen LogP contribution >= 0.6 is 0 Å². The van der Waals surface area contributed by atoms with Gasteiger partial charge in [-0.1, -0.05) is 0 Å². The molecule has 0 saturated carbocycles. The topological polar surface area (TPSA) is 49.8 Å². The first kappa shape index (κ1) is 9.76. The van der Waals surface area contributed by atoms with Crippen molar-refractivity contribution in [3.63, 3.8) is 0 Å². The Hall–Kier alpha value is -1.78. The summed E-state index contributed by atoms with van der Waals surface area (Å²) in [6.07, 6.45) is 3.18. The molecular formula is C10H14N4O. The van der Waals surface area contributed by atoms with Crippen LogP contribution in [0.3, 0.4) is 0 Å². The van der Waals surface area contributed by atoms with Crippen molar-refractivity contribution in [1.82, 2.24) is 4.98 Å². The lowest BCUT2D eigenvalue weighted by Gasteiger charge is -2.14.